The molecule has 2 atom stereocenters. The molecule has 1 aromatic rings. The Balaban J connectivity index is 2.89. The molecule has 0 saturated carbocycles. The van der Waals surface area contributed by atoms with Crippen LogP contribution >= 0.6 is 11.6 Å². The van der Waals surface area contributed by atoms with Crippen molar-refractivity contribution in [1.82, 2.24) is 15.1 Å². The molecule has 1 heterocycles. The third kappa shape index (κ3) is 4.72. The van der Waals surface area contributed by atoms with E-state index in [0.29, 0.717) is 17.4 Å². The van der Waals surface area contributed by atoms with E-state index in [4.69, 9.17) is 11.6 Å². The van der Waals surface area contributed by atoms with E-state index in [0.717, 1.165) is 36.5 Å². The molecule has 0 aromatic carbocycles. The topological polar surface area (TPSA) is 29.9 Å². The molecule has 4 heteroatoms. The maximum Gasteiger partial charge on any atom is 0.0850 e. The maximum atomic E-state index is 6.52. The number of hydrogen-bond donors (Lipinski definition) is 1. The first-order valence-electron chi connectivity index (χ1n) is 8.15. The molecule has 0 fully saturated rings. The van der Waals surface area contributed by atoms with E-state index in [2.05, 4.69) is 56.6 Å². The van der Waals surface area contributed by atoms with Crippen LogP contribution in [0.25, 0.3) is 0 Å². The largest absolute Gasteiger partial charge is 0.317 e. The Morgan fingerprint density at radius 2 is 1.90 bits per heavy atom. The SMILES string of the molecule is CCc1nn(CC)c(CC(CC(C)C(C)(C)C)NC)c1Cl. The zero-order valence-corrected chi connectivity index (χ0v) is 15.5. The Labute approximate surface area is 135 Å². The highest BCUT2D eigenvalue weighted by molar-refractivity contribution is 6.31. The van der Waals surface area contributed by atoms with Crippen molar-refractivity contribution in [3.8, 4) is 0 Å². The van der Waals surface area contributed by atoms with Gasteiger partial charge in [-0.3, -0.25) is 4.68 Å². The molecule has 1 N–H and O–H groups in total. The summed E-state index contributed by atoms with van der Waals surface area (Å²) in [6.45, 7) is 14.4. The molecular weight excluding hydrogens is 282 g/mol. The van der Waals surface area contributed by atoms with Gasteiger partial charge in [0.05, 0.1) is 16.4 Å². The van der Waals surface area contributed by atoms with E-state index >= 15 is 0 Å². The van der Waals surface area contributed by atoms with Gasteiger partial charge in [-0.2, -0.15) is 5.10 Å². The van der Waals surface area contributed by atoms with Crippen molar-refractivity contribution in [2.75, 3.05) is 7.05 Å². The summed E-state index contributed by atoms with van der Waals surface area (Å²) in [7, 11) is 2.04. The molecule has 0 saturated heterocycles. The highest BCUT2D eigenvalue weighted by Crippen LogP contribution is 2.30. The fourth-order valence-electron chi connectivity index (χ4n) is 2.53. The van der Waals surface area contributed by atoms with E-state index in [1.807, 2.05) is 7.05 Å². The summed E-state index contributed by atoms with van der Waals surface area (Å²) in [5, 5.41) is 8.94. The monoisotopic (exact) mass is 313 g/mol. The zero-order chi connectivity index (χ0) is 16.2. The zero-order valence-electron chi connectivity index (χ0n) is 14.8. The number of aryl methyl sites for hydroxylation is 2. The Kier molecular flexibility index (Phi) is 6.73. The fourth-order valence-corrected chi connectivity index (χ4v) is 2.88. The lowest BCUT2D eigenvalue weighted by atomic mass is 9.78. The van der Waals surface area contributed by atoms with E-state index < -0.39 is 0 Å². The second kappa shape index (κ2) is 7.64. The molecule has 0 aliphatic heterocycles. The van der Waals surface area contributed by atoms with Crippen molar-refractivity contribution >= 4 is 11.6 Å². The standard InChI is InChI=1S/C17H32ClN3/c1-8-14-16(18)15(21(9-2)20-14)11-13(19-7)10-12(3)17(4,5)6/h12-13,19H,8-11H2,1-7H3. The third-order valence-electron chi connectivity index (χ3n) is 4.66. The van der Waals surface area contributed by atoms with Crippen LogP contribution in [-0.4, -0.2) is 22.9 Å². The lowest BCUT2D eigenvalue weighted by Crippen LogP contribution is -2.33. The number of nitrogens with one attached hydrogen (secondary N) is 1. The first kappa shape index (κ1) is 18.5. The molecule has 1 rings (SSSR count). The number of likely N-dealkylation sites (N-methyl/N-ethyl adjacent to an activating group) is 1. The van der Waals surface area contributed by atoms with Crippen molar-refractivity contribution in [2.24, 2.45) is 11.3 Å². The van der Waals surface area contributed by atoms with Crippen LogP contribution in [0.2, 0.25) is 5.02 Å². The molecular formula is C17H32ClN3. The van der Waals surface area contributed by atoms with Gasteiger partial charge in [-0.1, -0.05) is 46.2 Å². The van der Waals surface area contributed by atoms with Gasteiger partial charge in [0.15, 0.2) is 0 Å². The summed E-state index contributed by atoms with van der Waals surface area (Å²) in [6, 6.07) is 0.434. The first-order chi connectivity index (χ1) is 9.74. The van der Waals surface area contributed by atoms with Gasteiger partial charge in [0.1, 0.15) is 0 Å². The molecule has 2 unspecified atom stereocenters. The highest BCUT2D eigenvalue weighted by atomic mass is 35.5. The summed E-state index contributed by atoms with van der Waals surface area (Å²) in [5.41, 5.74) is 2.53. The average molecular weight is 314 g/mol. The minimum atomic E-state index is 0.332. The molecule has 0 bridgehead atoms. The summed E-state index contributed by atoms with van der Waals surface area (Å²) < 4.78 is 2.06. The lowest BCUT2D eigenvalue weighted by Gasteiger charge is -2.30. The normalized spacial score (nSPS) is 15.2. The number of nitrogens with zero attached hydrogens (tertiary/aromatic N) is 2. The average Bonchev–Trinajstić information content (AvgIpc) is 2.73. The third-order valence-corrected chi connectivity index (χ3v) is 5.09. The Morgan fingerprint density at radius 1 is 1.29 bits per heavy atom. The van der Waals surface area contributed by atoms with Gasteiger partial charge in [0, 0.05) is 19.0 Å². The predicted octanol–water partition coefficient (Wildman–Crippen LogP) is 4.32. The minimum absolute atomic E-state index is 0.332. The van der Waals surface area contributed by atoms with Crippen LogP contribution in [0.5, 0.6) is 0 Å². The van der Waals surface area contributed by atoms with Crippen molar-refractivity contribution in [2.45, 2.75) is 73.4 Å². The second-order valence-corrected chi connectivity index (χ2v) is 7.45. The predicted molar refractivity (Wildman–Crippen MR) is 92.1 cm³/mol. The molecule has 0 spiro atoms. The molecule has 3 nitrogen and oxygen atoms in total. The summed E-state index contributed by atoms with van der Waals surface area (Å²) in [6.07, 6.45) is 2.98. The molecule has 1 aromatic heterocycles. The number of rotatable bonds is 7. The van der Waals surface area contributed by atoms with Crippen LogP contribution in [-0.2, 0) is 19.4 Å². The molecule has 0 amide bonds. The van der Waals surface area contributed by atoms with Crippen LogP contribution in [0.3, 0.4) is 0 Å². The van der Waals surface area contributed by atoms with Crippen LogP contribution in [0.15, 0.2) is 0 Å². The van der Waals surface area contributed by atoms with Crippen molar-refractivity contribution < 1.29 is 0 Å². The van der Waals surface area contributed by atoms with E-state index in [-0.39, 0.29) is 0 Å². The van der Waals surface area contributed by atoms with E-state index in [1.54, 1.807) is 0 Å². The summed E-state index contributed by atoms with van der Waals surface area (Å²) in [5.74, 6) is 0.650. The highest BCUT2D eigenvalue weighted by Gasteiger charge is 2.25. The Bertz CT molecular complexity index is 446. The van der Waals surface area contributed by atoms with E-state index in [1.165, 1.54) is 5.69 Å². The van der Waals surface area contributed by atoms with Crippen molar-refractivity contribution in [3.05, 3.63) is 16.4 Å². The summed E-state index contributed by atoms with van der Waals surface area (Å²) in [4.78, 5) is 0. The fraction of sp³-hybridized carbons (Fsp3) is 0.824. The van der Waals surface area contributed by atoms with Gasteiger partial charge in [-0.15, -0.1) is 0 Å². The first-order valence-corrected chi connectivity index (χ1v) is 8.53. The minimum Gasteiger partial charge on any atom is -0.317 e. The van der Waals surface area contributed by atoms with Gasteiger partial charge in [0.2, 0.25) is 0 Å². The second-order valence-electron chi connectivity index (χ2n) is 7.07. The number of hydrogen-bond acceptors (Lipinski definition) is 2. The Morgan fingerprint density at radius 3 is 2.33 bits per heavy atom. The van der Waals surface area contributed by atoms with Crippen molar-refractivity contribution in [3.63, 3.8) is 0 Å². The van der Waals surface area contributed by atoms with Crippen LogP contribution in [0.1, 0.15) is 59.4 Å². The Hall–Kier alpha value is -0.540. The quantitative estimate of drug-likeness (QED) is 0.812. The van der Waals surface area contributed by atoms with Crippen molar-refractivity contribution in [1.29, 1.82) is 0 Å². The number of halogens is 1. The molecule has 0 aliphatic carbocycles. The van der Waals surface area contributed by atoms with Gasteiger partial charge in [0.25, 0.3) is 0 Å². The van der Waals surface area contributed by atoms with E-state index in [9.17, 15) is 0 Å². The van der Waals surface area contributed by atoms with Gasteiger partial charge < -0.3 is 5.32 Å². The lowest BCUT2D eigenvalue weighted by molar-refractivity contribution is 0.224. The van der Waals surface area contributed by atoms with Crippen LogP contribution in [0, 0.1) is 11.3 Å². The van der Waals surface area contributed by atoms with Gasteiger partial charge in [-0.25, -0.2) is 0 Å². The molecule has 21 heavy (non-hydrogen) atoms. The van der Waals surface area contributed by atoms with Gasteiger partial charge in [-0.05, 0) is 38.1 Å². The maximum absolute atomic E-state index is 6.52. The molecule has 0 aliphatic rings. The number of aromatic nitrogens is 2. The van der Waals surface area contributed by atoms with Crippen LogP contribution in [0.4, 0.5) is 0 Å². The summed E-state index contributed by atoms with van der Waals surface area (Å²) >= 11 is 6.52. The van der Waals surface area contributed by atoms with Gasteiger partial charge >= 0.3 is 0 Å². The molecule has 122 valence electrons. The smallest absolute Gasteiger partial charge is 0.0850 e. The van der Waals surface area contributed by atoms with Crippen LogP contribution < -0.4 is 5.32 Å². The molecule has 0 radical (unpaired) electrons.